The van der Waals surface area contributed by atoms with Crippen molar-refractivity contribution in [1.82, 2.24) is 0 Å². The lowest BCUT2D eigenvalue weighted by Crippen LogP contribution is -2.24. The first kappa shape index (κ1) is 13.2. The SMILES string of the molecule is Cc1cc(Br)cc(C(=O)OC(C)(C)C)c1F. The van der Waals surface area contributed by atoms with Gasteiger partial charge in [0.05, 0.1) is 5.56 Å². The quantitative estimate of drug-likeness (QED) is 0.734. The Hall–Kier alpha value is -0.900. The van der Waals surface area contributed by atoms with Gasteiger partial charge in [-0.2, -0.15) is 0 Å². The number of hydrogen-bond donors (Lipinski definition) is 0. The number of aryl methyl sites for hydroxylation is 1. The van der Waals surface area contributed by atoms with Crippen molar-refractivity contribution >= 4 is 21.9 Å². The number of carbonyl (C=O) groups excluding carboxylic acids is 1. The van der Waals surface area contributed by atoms with Crippen LogP contribution in [-0.2, 0) is 4.74 Å². The summed E-state index contributed by atoms with van der Waals surface area (Å²) < 4.78 is 19.5. The summed E-state index contributed by atoms with van der Waals surface area (Å²) in [5.74, 6) is -1.17. The van der Waals surface area contributed by atoms with Crippen molar-refractivity contribution in [3.8, 4) is 0 Å². The van der Waals surface area contributed by atoms with Crippen LogP contribution in [0, 0.1) is 12.7 Å². The summed E-state index contributed by atoms with van der Waals surface area (Å²) in [5.41, 5.74) is -0.253. The zero-order valence-corrected chi connectivity index (χ0v) is 11.3. The van der Waals surface area contributed by atoms with Gasteiger partial charge in [0.15, 0.2) is 0 Å². The van der Waals surface area contributed by atoms with Crippen LogP contribution in [0.1, 0.15) is 36.7 Å². The van der Waals surface area contributed by atoms with Crippen LogP contribution in [0.15, 0.2) is 16.6 Å². The topological polar surface area (TPSA) is 26.3 Å². The van der Waals surface area contributed by atoms with Gasteiger partial charge in [-0.25, -0.2) is 9.18 Å². The van der Waals surface area contributed by atoms with Gasteiger partial charge in [-0.3, -0.25) is 0 Å². The molecule has 0 heterocycles. The van der Waals surface area contributed by atoms with Crippen LogP contribution >= 0.6 is 15.9 Å². The van der Waals surface area contributed by atoms with Gasteiger partial charge in [0.1, 0.15) is 11.4 Å². The molecular weight excluding hydrogens is 275 g/mol. The normalized spacial score (nSPS) is 11.4. The molecule has 0 amide bonds. The van der Waals surface area contributed by atoms with Gasteiger partial charge < -0.3 is 4.74 Å². The lowest BCUT2D eigenvalue weighted by Gasteiger charge is -2.20. The van der Waals surface area contributed by atoms with Crippen LogP contribution < -0.4 is 0 Å². The van der Waals surface area contributed by atoms with Crippen molar-refractivity contribution in [1.29, 1.82) is 0 Å². The second kappa shape index (κ2) is 4.53. The fourth-order valence-corrected chi connectivity index (χ4v) is 1.78. The van der Waals surface area contributed by atoms with Crippen LogP contribution in [0.3, 0.4) is 0 Å². The van der Waals surface area contributed by atoms with Crippen LogP contribution in [-0.4, -0.2) is 11.6 Å². The van der Waals surface area contributed by atoms with Gasteiger partial charge in [0, 0.05) is 4.47 Å². The maximum atomic E-state index is 13.7. The zero-order valence-electron chi connectivity index (χ0n) is 9.73. The molecule has 0 N–H and O–H groups in total. The molecule has 0 unspecified atom stereocenters. The van der Waals surface area contributed by atoms with E-state index in [1.165, 1.54) is 6.07 Å². The van der Waals surface area contributed by atoms with Gasteiger partial charge >= 0.3 is 5.97 Å². The highest BCUT2D eigenvalue weighted by molar-refractivity contribution is 9.10. The van der Waals surface area contributed by atoms with Crippen molar-refractivity contribution in [2.75, 3.05) is 0 Å². The number of benzene rings is 1. The van der Waals surface area contributed by atoms with Crippen LogP contribution in [0.5, 0.6) is 0 Å². The second-order valence-corrected chi connectivity index (χ2v) is 5.50. The van der Waals surface area contributed by atoms with E-state index in [-0.39, 0.29) is 5.56 Å². The Kier molecular flexibility index (Phi) is 3.73. The summed E-state index contributed by atoms with van der Waals surface area (Å²) in [6, 6.07) is 3.04. The summed E-state index contributed by atoms with van der Waals surface area (Å²) in [5, 5.41) is 0. The molecule has 0 saturated heterocycles. The Bertz CT molecular complexity index is 422. The summed E-state index contributed by atoms with van der Waals surface area (Å²) in [4.78, 5) is 11.7. The van der Waals surface area contributed by atoms with Crippen molar-refractivity contribution in [2.24, 2.45) is 0 Å². The van der Waals surface area contributed by atoms with Gasteiger partial charge in [-0.15, -0.1) is 0 Å². The van der Waals surface area contributed by atoms with Crippen molar-refractivity contribution in [2.45, 2.75) is 33.3 Å². The summed E-state index contributed by atoms with van der Waals surface area (Å²) in [6.07, 6.45) is 0. The van der Waals surface area contributed by atoms with E-state index in [1.54, 1.807) is 33.8 Å². The molecule has 2 nitrogen and oxygen atoms in total. The molecule has 0 spiro atoms. The van der Waals surface area contributed by atoms with Crippen molar-refractivity contribution in [3.05, 3.63) is 33.5 Å². The Morgan fingerprint density at radius 2 is 1.94 bits per heavy atom. The van der Waals surface area contributed by atoms with Crippen molar-refractivity contribution < 1.29 is 13.9 Å². The highest BCUT2D eigenvalue weighted by atomic mass is 79.9. The molecule has 1 rings (SSSR count). The minimum atomic E-state index is -0.644. The highest BCUT2D eigenvalue weighted by Crippen LogP contribution is 2.22. The molecule has 0 aliphatic heterocycles. The molecule has 0 saturated carbocycles. The first-order valence-electron chi connectivity index (χ1n) is 4.90. The van der Waals surface area contributed by atoms with E-state index in [2.05, 4.69) is 15.9 Å². The number of hydrogen-bond acceptors (Lipinski definition) is 2. The third kappa shape index (κ3) is 3.30. The number of halogens is 2. The lowest BCUT2D eigenvalue weighted by atomic mass is 10.1. The van der Waals surface area contributed by atoms with E-state index in [4.69, 9.17) is 4.74 Å². The van der Waals surface area contributed by atoms with E-state index in [0.717, 1.165) is 0 Å². The molecule has 0 aliphatic rings. The van der Waals surface area contributed by atoms with E-state index in [9.17, 15) is 9.18 Å². The zero-order chi connectivity index (χ0) is 12.5. The number of esters is 1. The Labute approximate surface area is 103 Å². The smallest absolute Gasteiger partial charge is 0.341 e. The molecule has 0 atom stereocenters. The fourth-order valence-electron chi connectivity index (χ4n) is 1.21. The molecule has 1 aromatic carbocycles. The average molecular weight is 289 g/mol. The molecule has 4 heteroatoms. The molecule has 0 aromatic heterocycles. The molecule has 1 aromatic rings. The third-order valence-electron chi connectivity index (χ3n) is 1.84. The first-order chi connectivity index (χ1) is 7.20. The Balaban J connectivity index is 3.09. The summed E-state index contributed by atoms with van der Waals surface area (Å²) in [6.45, 7) is 6.84. The van der Waals surface area contributed by atoms with Gasteiger partial charge in [0.25, 0.3) is 0 Å². The monoisotopic (exact) mass is 288 g/mol. The lowest BCUT2D eigenvalue weighted by molar-refractivity contribution is 0.00644. The highest BCUT2D eigenvalue weighted by Gasteiger charge is 2.21. The predicted octanol–water partition coefficient (Wildman–Crippen LogP) is 3.85. The van der Waals surface area contributed by atoms with Crippen molar-refractivity contribution in [3.63, 3.8) is 0 Å². The second-order valence-electron chi connectivity index (χ2n) is 4.59. The summed E-state index contributed by atoms with van der Waals surface area (Å²) >= 11 is 3.22. The van der Waals surface area contributed by atoms with Crippen LogP contribution in [0.2, 0.25) is 0 Å². The Morgan fingerprint density at radius 3 is 2.44 bits per heavy atom. The van der Waals surface area contributed by atoms with E-state index in [1.807, 2.05) is 0 Å². The molecule has 0 fully saturated rings. The number of carbonyl (C=O) groups is 1. The molecule has 0 aliphatic carbocycles. The maximum Gasteiger partial charge on any atom is 0.341 e. The molecule has 0 radical (unpaired) electrons. The molecule has 16 heavy (non-hydrogen) atoms. The van der Waals surface area contributed by atoms with E-state index in [0.29, 0.717) is 10.0 Å². The minimum absolute atomic E-state index is 0.0400. The molecule has 88 valence electrons. The third-order valence-corrected chi connectivity index (χ3v) is 2.30. The summed E-state index contributed by atoms with van der Waals surface area (Å²) in [7, 11) is 0. The fraction of sp³-hybridized carbons (Fsp3) is 0.417. The first-order valence-corrected chi connectivity index (χ1v) is 5.69. The molecular formula is C12H14BrFO2. The van der Waals surface area contributed by atoms with E-state index < -0.39 is 17.4 Å². The Morgan fingerprint density at radius 1 is 1.38 bits per heavy atom. The van der Waals surface area contributed by atoms with Gasteiger partial charge in [-0.05, 0) is 45.4 Å². The van der Waals surface area contributed by atoms with Crippen LogP contribution in [0.4, 0.5) is 4.39 Å². The largest absolute Gasteiger partial charge is 0.456 e. The minimum Gasteiger partial charge on any atom is -0.456 e. The number of rotatable bonds is 1. The van der Waals surface area contributed by atoms with Gasteiger partial charge in [0.2, 0.25) is 0 Å². The maximum absolute atomic E-state index is 13.7. The number of ether oxygens (including phenoxy) is 1. The predicted molar refractivity (Wildman–Crippen MR) is 64.0 cm³/mol. The van der Waals surface area contributed by atoms with E-state index >= 15 is 0 Å². The van der Waals surface area contributed by atoms with Crippen LogP contribution in [0.25, 0.3) is 0 Å². The standard InChI is InChI=1S/C12H14BrFO2/c1-7-5-8(13)6-9(10(7)14)11(15)16-12(2,3)4/h5-6H,1-4H3. The molecule has 0 bridgehead atoms. The van der Waals surface area contributed by atoms with Gasteiger partial charge in [-0.1, -0.05) is 15.9 Å². The average Bonchev–Trinajstić information content (AvgIpc) is 2.08.